The Kier molecular flexibility index (Phi) is 9.60. The topological polar surface area (TPSA) is 79.0 Å². The lowest BCUT2D eigenvalue weighted by molar-refractivity contribution is -0.130. The predicted octanol–water partition coefficient (Wildman–Crippen LogP) is 5.65. The molecular formula is C30H34F3N3O4S. The zero-order valence-corrected chi connectivity index (χ0v) is 23.8. The SMILES string of the molecule is CCOc1cccc(-c2ccc(C(C)N3CCN(c4ccc(C(=O)NS(=O)(=O)CCC(F)(F)F)cc4)CC3)cc2)c1. The molecule has 1 aliphatic rings. The Morgan fingerprint density at radius 3 is 2.22 bits per heavy atom. The van der Waals surface area contributed by atoms with Crippen LogP contribution in [0.2, 0.25) is 0 Å². The van der Waals surface area contributed by atoms with Crippen LogP contribution in [0.4, 0.5) is 18.9 Å². The second-order valence-corrected chi connectivity index (χ2v) is 11.8. The first-order valence-corrected chi connectivity index (χ1v) is 15.1. The summed E-state index contributed by atoms with van der Waals surface area (Å²) in [5.74, 6) is -1.30. The molecule has 0 saturated carbocycles. The monoisotopic (exact) mass is 589 g/mol. The van der Waals surface area contributed by atoms with Gasteiger partial charge in [0, 0.05) is 43.5 Å². The molecule has 1 unspecified atom stereocenters. The molecule has 1 fully saturated rings. The Balaban J connectivity index is 1.30. The molecular weight excluding hydrogens is 555 g/mol. The molecule has 3 aromatic carbocycles. The van der Waals surface area contributed by atoms with Gasteiger partial charge >= 0.3 is 6.18 Å². The van der Waals surface area contributed by atoms with Gasteiger partial charge in [0.2, 0.25) is 10.0 Å². The van der Waals surface area contributed by atoms with E-state index in [4.69, 9.17) is 4.74 Å². The quantitative estimate of drug-likeness (QED) is 0.330. The summed E-state index contributed by atoms with van der Waals surface area (Å²) >= 11 is 0. The number of anilines is 1. The lowest BCUT2D eigenvalue weighted by Gasteiger charge is -2.39. The van der Waals surface area contributed by atoms with Crippen molar-refractivity contribution >= 4 is 21.6 Å². The molecule has 4 rings (SSSR count). The summed E-state index contributed by atoms with van der Waals surface area (Å²) in [6, 6.07) is 23.3. The fraction of sp³-hybridized carbons (Fsp3) is 0.367. The van der Waals surface area contributed by atoms with E-state index in [1.54, 1.807) is 16.9 Å². The number of benzene rings is 3. The van der Waals surface area contributed by atoms with Gasteiger partial charge in [-0.25, -0.2) is 13.1 Å². The maximum absolute atomic E-state index is 12.3. The van der Waals surface area contributed by atoms with E-state index in [1.165, 1.54) is 17.7 Å². The highest BCUT2D eigenvalue weighted by Gasteiger charge is 2.30. The molecule has 0 radical (unpaired) electrons. The van der Waals surface area contributed by atoms with Crippen LogP contribution >= 0.6 is 0 Å². The number of hydrogen-bond acceptors (Lipinski definition) is 6. The number of nitrogens with one attached hydrogen (secondary N) is 1. The molecule has 1 heterocycles. The third kappa shape index (κ3) is 8.46. The first kappa shape index (κ1) is 30.4. The Bertz CT molecular complexity index is 1420. The molecule has 1 N–H and O–H groups in total. The van der Waals surface area contributed by atoms with Crippen LogP contribution in [0.3, 0.4) is 0 Å². The molecule has 0 aromatic heterocycles. The number of carbonyl (C=O) groups is 1. The highest BCUT2D eigenvalue weighted by molar-refractivity contribution is 7.90. The summed E-state index contributed by atoms with van der Waals surface area (Å²) in [7, 11) is -4.39. The van der Waals surface area contributed by atoms with Crippen molar-refractivity contribution in [2.24, 2.45) is 0 Å². The molecule has 0 bridgehead atoms. The van der Waals surface area contributed by atoms with Crippen molar-refractivity contribution in [2.45, 2.75) is 32.5 Å². The number of carbonyl (C=O) groups excluding carboxylic acids is 1. The molecule has 3 aromatic rings. The summed E-state index contributed by atoms with van der Waals surface area (Å²) in [5.41, 5.74) is 4.40. The minimum Gasteiger partial charge on any atom is -0.494 e. The fourth-order valence-electron chi connectivity index (χ4n) is 4.79. The van der Waals surface area contributed by atoms with E-state index in [2.05, 4.69) is 47.1 Å². The lowest BCUT2D eigenvalue weighted by atomic mass is 10.00. The van der Waals surface area contributed by atoms with Crippen LogP contribution in [0, 0.1) is 0 Å². The van der Waals surface area contributed by atoms with E-state index in [-0.39, 0.29) is 11.6 Å². The molecule has 220 valence electrons. The minimum atomic E-state index is -4.62. The normalized spacial score (nSPS) is 15.4. The van der Waals surface area contributed by atoms with E-state index in [1.807, 2.05) is 25.1 Å². The van der Waals surface area contributed by atoms with Gasteiger partial charge in [-0.05, 0) is 66.9 Å². The number of ether oxygens (including phenoxy) is 1. The number of alkyl halides is 3. The van der Waals surface area contributed by atoms with Gasteiger partial charge in [0.1, 0.15) is 5.75 Å². The lowest BCUT2D eigenvalue weighted by Crippen LogP contribution is -2.47. The molecule has 41 heavy (non-hydrogen) atoms. The van der Waals surface area contributed by atoms with Crippen molar-refractivity contribution in [2.75, 3.05) is 43.4 Å². The van der Waals surface area contributed by atoms with Crippen LogP contribution in [-0.4, -0.2) is 63.9 Å². The van der Waals surface area contributed by atoms with E-state index >= 15 is 0 Å². The highest BCUT2D eigenvalue weighted by Crippen LogP contribution is 2.28. The Morgan fingerprint density at radius 1 is 0.951 bits per heavy atom. The second kappa shape index (κ2) is 12.9. The van der Waals surface area contributed by atoms with Crippen LogP contribution < -0.4 is 14.4 Å². The third-order valence-corrected chi connectivity index (χ3v) is 8.37. The second-order valence-electron chi connectivity index (χ2n) is 9.94. The van der Waals surface area contributed by atoms with Gasteiger partial charge in [0.25, 0.3) is 5.91 Å². The first-order valence-electron chi connectivity index (χ1n) is 13.5. The van der Waals surface area contributed by atoms with Crippen molar-refractivity contribution in [3.05, 3.63) is 83.9 Å². The van der Waals surface area contributed by atoms with Gasteiger partial charge in [0.05, 0.1) is 18.8 Å². The number of halogens is 3. The third-order valence-electron chi connectivity index (χ3n) is 7.13. The van der Waals surface area contributed by atoms with Crippen molar-refractivity contribution in [1.82, 2.24) is 9.62 Å². The van der Waals surface area contributed by atoms with Gasteiger partial charge in [-0.2, -0.15) is 13.2 Å². The van der Waals surface area contributed by atoms with E-state index in [0.29, 0.717) is 6.61 Å². The molecule has 7 nitrogen and oxygen atoms in total. The summed E-state index contributed by atoms with van der Waals surface area (Å²) in [5, 5.41) is 0. The van der Waals surface area contributed by atoms with Crippen LogP contribution in [0.15, 0.2) is 72.8 Å². The summed E-state index contributed by atoms with van der Waals surface area (Å²) < 4.78 is 68.0. The summed E-state index contributed by atoms with van der Waals surface area (Å²) in [6.45, 7) is 7.98. The maximum Gasteiger partial charge on any atom is 0.390 e. The molecule has 1 amide bonds. The summed E-state index contributed by atoms with van der Waals surface area (Å²) in [4.78, 5) is 16.9. The van der Waals surface area contributed by atoms with Crippen molar-refractivity contribution < 1.29 is 31.1 Å². The van der Waals surface area contributed by atoms with E-state index in [0.717, 1.165) is 48.7 Å². The average Bonchev–Trinajstić information content (AvgIpc) is 2.96. The van der Waals surface area contributed by atoms with Crippen LogP contribution in [-0.2, 0) is 10.0 Å². The molecule has 1 aliphatic heterocycles. The highest BCUT2D eigenvalue weighted by atomic mass is 32.2. The first-order chi connectivity index (χ1) is 19.4. The van der Waals surface area contributed by atoms with E-state index in [9.17, 15) is 26.4 Å². The standard InChI is InChI=1S/C30H34F3N3O4S/c1-3-40-28-6-4-5-26(21-28)24-9-7-23(8-10-24)22(2)35-16-18-36(19-17-35)27-13-11-25(12-14-27)29(37)34-41(38,39)20-15-30(31,32)33/h4-14,21-22H,3,15-20H2,1-2H3,(H,34,37). The van der Waals surface area contributed by atoms with Crippen LogP contribution in [0.25, 0.3) is 11.1 Å². The van der Waals surface area contributed by atoms with Gasteiger partial charge < -0.3 is 9.64 Å². The molecule has 1 saturated heterocycles. The predicted molar refractivity (Wildman–Crippen MR) is 154 cm³/mol. The van der Waals surface area contributed by atoms with Crippen molar-refractivity contribution in [3.63, 3.8) is 0 Å². The van der Waals surface area contributed by atoms with Crippen LogP contribution in [0.5, 0.6) is 5.75 Å². The minimum absolute atomic E-state index is 0.0599. The molecule has 0 spiro atoms. The Morgan fingerprint density at radius 2 is 1.61 bits per heavy atom. The van der Waals surface area contributed by atoms with Gasteiger partial charge in [-0.15, -0.1) is 0 Å². The number of nitrogens with zero attached hydrogens (tertiary/aromatic N) is 2. The number of rotatable bonds is 10. The Labute approximate surface area is 239 Å². The summed E-state index contributed by atoms with van der Waals surface area (Å²) in [6.07, 6.45) is -6.14. The number of sulfonamides is 1. The zero-order valence-electron chi connectivity index (χ0n) is 23.0. The van der Waals surface area contributed by atoms with Crippen molar-refractivity contribution in [1.29, 1.82) is 0 Å². The van der Waals surface area contributed by atoms with Crippen molar-refractivity contribution in [3.8, 4) is 16.9 Å². The smallest absolute Gasteiger partial charge is 0.390 e. The zero-order chi connectivity index (χ0) is 29.6. The number of amides is 1. The van der Waals surface area contributed by atoms with Gasteiger partial charge in [0.15, 0.2) is 0 Å². The largest absolute Gasteiger partial charge is 0.494 e. The molecule has 1 atom stereocenters. The average molecular weight is 590 g/mol. The molecule has 11 heteroatoms. The van der Waals surface area contributed by atoms with Gasteiger partial charge in [-0.1, -0.05) is 36.4 Å². The number of piperazine rings is 1. The maximum atomic E-state index is 12.3. The fourth-order valence-corrected chi connectivity index (χ4v) is 5.79. The number of hydrogen-bond donors (Lipinski definition) is 1. The Hall–Kier alpha value is -3.57. The van der Waals surface area contributed by atoms with Crippen LogP contribution in [0.1, 0.15) is 42.2 Å². The van der Waals surface area contributed by atoms with E-state index < -0.39 is 34.3 Å². The van der Waals surface area contributed by atoms with Gasteiger partial charge in [-0.3, -0.25) is 9.69 Å². The molecule has 0 aliphatic carbocycles.